The maximum absolute atomic E-state index is 13.7. The molecule has 2 aromatic carbocycles. The van der Waals surface area contributed by atoms with Crippen LogP contribution in [0.2, 0.25) is 0 Å². The van der Waals surface area contributed by atoms with Crippen LogP contribution in [0, 0.1) is 37.5 Å². The van der Waals surface area contributed by atoms with Gasteiger partial charge in [-0.15, -0.1) is 0 Å². The normalized spacial score (nSPS) is 30.6. The van der Waals surface area contributed by atoms with Crippen LogP contribution >= 0.6 is 47.8 Å². The average Bonchev–Trinajstić information content (AvgIpc) is 3.41. The van der Waals surface area contributed by atoms with Crippen molar-refractivity contribution in [3.8, 4) is 0 Å². The predicted molar refractivity (Wildman–Crippen MR) is 142 cm³/mol. The molecule has 3 fully saturated rings. The van der Waals surface area contributed by atoms with E-state index in [-0.39, 0.29) is 57.5 Å². The second kappa shape index (κ2) is 9.17. The molecular formula is C26H25Br3N2O3. The molecule has 5 nitrogen and oxygen atoms in total. The zero-order chi connectivity index (χ0) is 24.3. The fourth-order valence-corrected chi connectivity index (χ4v) is 8.16. The summed E-state index contributed by atoms with van der Waals surface area (Å²) in [6, 6.07) is 12.4. The van der Waals surface area contributed by atoms with Gasteiger partial charge in [0.25, 0.3) is 0 Å². The Kier molecular flexibility index (Phi) is 6.53. The van der Waals surface area contributed by atoms with Crippen LogP contribution in [-0.2, 0) is 20.8 Å². The summed E-state index contributed by atoms with van der Waals surface area (Å²) in [5.41, 5.74) is 3.56. The van der Waals surface area contributed by atoms with Gasteiger partial charge in [-0.25, -0.2) is 0 Å². The van der Waals surface area contributed by atoms with Crippen molar-refractivity contribution in [2.75, 3.05) is 5.32 Å². The van der Waals surface area contributed by atoms with Crippen molar-refractivity contribution in [3.05, 3.63) is 63.6 Å². The van der Waals surface area contributed by atoms with E-state index in [1.54, 1.807) is 0 Å². The SMILES string of the molecule is Cc1cc(NC(=O)[C@H](Cc2ccccc2)N2C(=O)[C@@H]3[C@H]4C[C@@H]([C@H](Br)[C@H]4Br)[C@@H]3C2=O)cc(C)c1Br. The first kappa shape index (κ1) is 24.2. The van der Waals surface area contributed by atoms with E-state index >= 15 is 0 Å². The highest BCUT2D eigenvalue weighted by molar-refractivity contribution is 9.12. The van der Waals surface area contributed by atoms with Crippen molar-refractivity contribution in [3.63, 3.8) is 0 Å². The summed E-state index contributed by atoms with van der Waals surface area (Å²) in [6.45, 7) is 3.93. The summed E-state index contributed by atoms with van der Waals surface area (Å²) in [5, 5.41) is 2.99. The molecular weight excluding hydrogens is 628 g/mol. The number of hydrogen-bond acceptors (Lipinski definition) is 3. The maximum Gasteiger partial charge on any atom is 0.248 e. The summed E-state index contributed by atoms with van der Waals surface area (Å²) < 4.78 is 0.994. The maximum atomic E-state index is 13.7. The minimum absolute atomic E-state index is 0.109. The summed E-state index contributed by atoms with van der Waals surface area (Å²) in [5.74, 6) is -1.23. The second-order valence-corrected chi connectivity index (χ2v) is 12.6. The Morgan fingerprint density at radius 2 is 1.53 bits per heavy atom. The van der Waals surface area contributed by atoms with Crippen LogP contribution in [0.3, 0.4) is 0 Å². The lowest BCUT2D eigenvalue weighted by Gasteiger charge is -2.28. The van der Waals surface area contributed by atoms with Crippen LogP contribution < -0.4 is 5.32 Å². The van der Waals surface area contributed by atoms with Gasteiger partial charge in [0, 0.05) is 26.2 Å². The summed E-state index contributed by atoms with van der Waals surface area (Å²) in [7, 11) is 0. The third kappa shape index (κ3) is 3.90. The number of nitrogens with one attached hydrogen (secondary N) is 1. The number of amides is 3. The van der Waals surface area contributed by atoms with Gasteiger partial charge < -0.3 is 5.32 Å². The summed E-state index contributed by atoms with van der Waals surface area (Å²) in [4.78, 5) is 42.6. The Balaban J connectivity index is 1.48. The van der Waals surface area contributed by atoms with Crippen LogP contribution in [-0.4, -0.2) is 38.3 Å². The molecule has 3 amide bonds. The molecule has 0 aromatic heterocycles. The van der Waals surface area contributed by atoms with Gasteiger partial charge in [0.2, 0.25) is 17.7 Å². The molecule has 0 spiro atoms. The summed E-state index contributed by atoms with van der Waals surface area (Å²) in [6.07, 6.45) is 1.14. The van der Waals surface area contributed by atoms with Crippen molar-refractivity contribution in [2.24, 2.45) is 23.7 Å². The van der Waals surface area contributed by atoms with Crippen molar-refractivity contribution >= 4 is 71.2 Å². The van der Waals surface area contributed by atoms with Crippen LogP contribution in [0.1, 0.15) is 23.1 Å². The number of nitrogens with zero attached hydrogens (tertiary/aromatic N) is 1. The second-order valence-electron chi connectivity index (χ2n) is 9.67. The molecule has 2 aliphatic carbocycles. The van der Waals surface area contributed by atoms with Gasteiger partial charge in [-0.1, -0.05) is 78.1 Å². The first-order valence-electron chi connectivity index (χ1n) is 11.5. The molecule has 2 saturated carbocycles. The Morgan fingerprint density at radius 3 is 2.06 bits per heavy atom. The number of hydrogen-bond donors (Lipinski definition) is 1. The lowest BCUT2D eigenvalue weighted by atomic mass is 9.81. The number of aryl methyl sites for hydroxylation is 2. The zero-order valence-electron chi connectivity index (χ0n) is 18.8. The lowest BCUT2D eigenvalue weighted by molar-refractivity contribution is -0.147. The van der Waals surface area contributed by atoms with E-state index in [1.165, 1.54) is 4.90 Å². The van der Waals surface area contributed by atoms with Gasteiger partial charge in [-0.2, -0.15) is 0 Å². The number of anilines is 1. The standard InChI is InChI=1S/C26H25Br3N2O3/c1-12-8-15(9-13(2)21(12)27)30-24(32)18(10-14-6-4-3-5-7-14)31-25(33)19-16-11-17(20(19)26(31)34)23(29)22(16)28/h3-9,16-20,22-23H,10-11H2,1-2H3,(H,30,32)/t16-,17-,18+,19-,20+,22+,23+/m1/s1. The number of benzene rings is 2. The molecule has 8 heteroatoms. The average molecular weight is 653 g/mol. The number of carbonyl (C=O) groups excluding carboxylic acids is 3. The minimum Gasteiger partial charge on any atom is -0.324 e. The molecule has 1 N–H and O–H groups in total. The molecule has 7 atom stereocenters. The third-order valence-corrected chi connectivity index (χ3v) is 12.1. The van der Waals surface area contributed by atoms with E-state index < -0.39 is 6.04 Å². The number of fused-ring (bicyclic) bond motifs is 5. The van der Waals surface area contributed by atoms with Gasteiger partial charge >= 0.3 is 0 Å². The number of imide groups is 1. The molecule has 1 aliphatic heterocycles. The predicted octanol–water partition coefficient (Wildman–Crippen LogP) is 5.39. The van der Waals surface area contributed by atoms with Crippen molar-refractivity contribution in [2.45, 2.75) is 42.4 Å². The monoisotopic (exact) mass is 650 g/mol. The van der Waals surface area contributed by atoms with Crippen molar-refractivity contribution < 1.29 is 14.4 Å². The fourth-order valence-electron chi connectivity index (χ4n) is 6.06. The molecule has 34 heavy (non-hydrogen) atoms. The van der Waals surface area contributed by atoms with E-state index in [9.17, 15) is 14.4 Å². The smallest absolute Gasteiger partial charge is 0.248 e. The first-order chi connectivity index (χ1) is 16.2. The van der Waals surface area contributed by atoms with Crippen molar-refractivity contribution in [1.29, 1.82) is 0 Å². The number of rotatable bonds is 5. The molecule has 1 saturated heterocycles. The van der Waals surface area contributed by atoms with Crippen LogP contribution in [0.25, 0.3) is 0 Å². The Bertz CT molecular complexity index is 1120. The largest absolute Gasteiger partial charge is 0.324 e. The molecule has 2 bridgehead atoms. The highest BCUT2D eigenvalue weighted by atomic mass is 79.9. The van der Waals surface area contributed by atoms with Gasteiger partial charge in [-0.3, -0.25) is 19.3 Å². The van der Waals surface area contributed by atoms with Gasteiger partial charge in [0.05, 0.1) is 11.8 Å². The highest BCUT2D eigenvalue weighted by Gasteiger charge is 2.67. The number of likely N-dealkylation sites (tertiary alicyclic amines) is 1. The topological polar surface area (TPSA) is 66.5 Å². The molecule has 2 aromatic rings. The van der Waals surface area contributed by atoms with E-state index in [0.717, 1.165) is 27.6 Å². The zero-order valence-corrected chi connectivity index (χ0v) is 23.6. The quantitative estimate of drug-likeness (QED) is 0.348. The van der Waals surface area contributed by atoms with Crippen LogP contribution in [0.4, 0.5) is 5.69 Å². The molecule has 1 heterocycles. The lowest BCUT2D eigenvalue weighted by Crippen LogP contribution is -2.49. The fraction of sp³-hybridized carbons (Fsp3) is 0.423. The Morgan fingerprint density at radius 1 is 1.00 bits per heavy atom. The number of halogens is 3. The van der Waals surface area contributed by atoms with Crippen LogP contribution in [0.5, 0.6) is 0 Å². The van der Waals surface area contributed by atoms with E-state index in [1.807, 2.05) is 56.3 Å². The number of alkyl halides is 2. The van der Waals surface area contributed by atoms with E-state index in [2.05, 4.69) is 53.1 Å². The molecule has 0 unspecified atom stereocenters. The summed E-state index contributed by atoms with van der Waals surface area (Å²) >= 11 is 11.0. The molecule has 0 radical (unpaired) electrons. The first-order valence-corrected chi connectivity index (χ1v) is 14.1. The van der Waals surface area contributed by atoms with Gasteiger partial charge in [0.1, 0.15) is 6.04 Å². The molecule has 5 rings (SSSR count). The van der Waals surface area contributed by atoms with E-state index in [0.29, 0.717) is 5.69 Å². The van der Waals surface area contributed by atoms with Gasteiger partial charge in [0.15, 0.2) is 0 Å². The number of carbonyl (C=O) groups is 3. The van der Waals surface area contributed by atoms with Gasteiger partial charge in [-0.05, 0) is 60.9 Å². The Labute approximate surface area is 224 Å². The minimum atomic E-state index is -0.904. The molecule has 178 valence electrons. The van der Waals surface area contributed by atoms with E-state index in [4.69, 9.17) is 0 Å². The highest BCUT2D eigenvalue weighted by Crippen LogP contribution is 2.60. The molecule has 3 aliphatic rings. The van der Waals surface area contributed by atoms with Crippen LogP contribution in [0.15, 0.2) is 46.9 Å². The Hall–Kier alpha value is -1.51. The van der Waals surface area contributed by atoms with Crippen molar-refractivity contribution in [1.82, 2.24) is 4.90 Å². The third-order valence-electron chi connectivity index (χ3n) is 7.61.